The number of aliphatic carboxylic acids is 1. The Bertz CT molecular complexity index is 579. The number of rotatable bonds is 2. The number of carbonyl (C=O) groups is 2. The molecule has 1 aliphatic heterocycles. The van der Waals surface area contributed by atoms with Gasteiger partial charge in [-0.05, 0) is 31.9 Å². The van der Waals surface area contributed by atoms with Crippen molar-refractivity contribution < 1.29 is 24.5 Å². The minimum Gasteiger partial charge on any atom is -0.507 e. The van der Waals surface area contributed by atoms with E-state index in [2.05, 4.69) is 0 Å². The van der Waals surface area contributed by atoms with Gasteiger partial charge in [0.1, 0.15) is 16.7 Å². The number of esters is 1. The zero-order valence-electron chi connectivity index (χ0n) is 10.8. The second-order valence-corrected chi connectivity index (χ2v) is 5.72. The Morgan fingerprint density at radius 3 is 2.47 bits per heavy atom. The lowest BCUT2D eigenvalue weighted by Crippen LogP contribution is -2.29. The summed E-state index contributed by atoms with van der Waals surface area (Å²) in [7, 11) is 0. The summed E-state index contributed by atoms with van der Waals surface area (Å²) >= 11 is 1.14. The normalized spacial score (nSPS) is 17.8. The van der Waals surface area contributed by atoms with Gasteiger partial charge in [-0.2, -0.15) is 0 Å². The Labute approximate surface area is 114 Å². The van der Waals surface area contributed by atoms with Gasteiger partial charge in [-0.3, -0.25) is 9.59 Å². The number of hydrogen-bond donors (Lipinski definition) is 2. The topological polar surface area (TPSA) is 83.8 Å². The molecule has 19 heavy (non-hydrogen) atoms. The second kappa shape index (κ2) is 4.77. The maximum atomic E-state index is 11.8. The van der Waals surface area contributed by atoms with Crippen LogP contribution in [0.2, 0.25) is 0 Å². The smallest absolute Gasteiger partial charge is 0.325 e. The lowest BCUT2D eigenvalue weighted by atomic mass is 10.0. The van der Waals surface area contributed by atoms with E-state index in [1.807, 2.05) is 0 Å². The highest BCUT2D eigenvalue weighted by atomic mass is 32.2. The Hall–Kier alpha value is -1.69. The van der Waals surface area contributed by atoms with Gasteiger partial charge in [0.05, 0.1) is 11.3 Å². The first kappa shape index (κ1) is 13.7. The molecule has 6 heteroatoms. The molecule has 0 aliphatic carbocycles. The lowest BCUT2D eigenvalue weighted by molar-refractivity contribution is -0.142. The predicted molar refractivity (Wildman–Crippen MR) is 69.9 cm³/mol. The summed E-state index contributed by atoms with van der Waals surface area (Å²) in [6.07, 6.45) is -0.296. The molecule has 102 valence electrons. The zero-order valence-corrected chi connectivity index (χ0v) is 11.6. The average molecular weight is 282 g/mol. The van der Waals surface area contributed by atoms with Crippen LogP contribution in [0.25, 0.3) is 0 Å². The Morgan fingerprint density at radius 2 is 1.89 bits per heavy atom. The monoisotopic (exact) mass is 282 g/mol. The lowest BCUT2D eigenvalue weighted by Gasteiger charge is -2.26. The quantitative estimate of drug-likeness (QED) is 0.639. The first-order valence-corrected chi connectivity index (χ1v) is 6.63. The summed E-state index contributed by atoms with van der Waals surface area (Å²) in [5, 5.41) is 18.0. The summed E-state index contributed by atoms with van der Waals surface area (Å²) in [4.78, 5) is 23.2. The number of fused-ring (bicyclic) bond motifs is 1. The fourth-order valence-electron chi connectivity index (χ4n) is 1.98. The molecule has 0 saturated heterocycles. The highest BCUT2D eigenvalue weighted by molar-refractivity contribution is 8.00. The van der Waals surface area contributed by atoms with Crippen LogP contribution in [0, 0.1) is 20.8 Å². The fourth-order valence-corrected chi connectivity index (χ4v) is 3.21. The van der Waals surface area contributed by atoms with Crippen molar-refractivity contribution in [2.45, 2.75) is 37.3 Å². The number of aromatic hydroxyl groups is 1. The number of carboxylic acid groups (broad SMARTS) is 1. The maximum Gasteiger partial charge on any atom is 0.325 e. The van der Waals surface area contributed by atoms with Crippen molar-refractivity contribution in [3.63, 3.8) is 0 Å². The third kappa shape index (κ3) is 2.28. The molecule has 0 saturated carbocycles. The van der Waals surface area contributed by atoms with Crippen LogP contribution >= 0.6 is 11.8 Å². The van der Waals surface area contributed by atoms with Crippen LogP contribution in [0.3, 0.4) is 0 Å². The molecule has 0 radical (unpaired) electrons. The van der Waals surface area contributed by atoms with Crippen LogP contribution in [0.4, 0.5) is 0 Å². The highest BCUT2D eigenvalue weighted by Crippen LogP contribution is 2.47. The first-order chi connectivity index (χ1) is 8.82. The van der Waals surface area contributed by atoms with Gasteiger partial charge >= 0.3 is 11.9 Å². The molecule has 0 unspecified atom stereocenters. The molecular formula is C13H14O5S. The van der Waals surface area contributed by atoms with Crippen molar-refractivity contribution in [2.75, 3.05) is 0 Å². The van der Waals surface area contributed by atoms with E-state index in [4.69, 9.17) is 9.84 Å². The van der Waals surface area contributed by atoms with Gasteiger partial charge < -0.3 is 14.9 Å². The first-order valence-electron chi connectivity index (χ1n) is 5.75. The van der Waals surface area contributed by atoms with Crippen LogP contribution in [-0.4, -0.2) is 27.4 Å². The molecule has 0 fully saturated rings. The molecule has 0 bridgehead atoms. The SMILES string of the molecule is Cc1c(C)c2c(c(C)c1O)S[C@H](CC(=O)O)C(=O)O2. The summed E-state index contributed by atoms with van der Waals surface area (Å²) in [5.41, 5.74) is 1.99. The van der Waals surface area contributed by atoms with Gasteiger partial charge in [-0.15, -0.1) is 11.8 Å². The van der Waals surface area contributed by atoms with Gasteiger partial charge in [0.25, 0.3) is 0 Å². The Morgan fingerprint density at radius 1 is 1.26 bits per heavy atom. The zero-order chi connectivity index (χ0) is 14.3. The molecule has 1 aromatic carbocycles. The largest absolute Gasteiger partial charge is 0.507 e. The summed E-state index contributed by atoms with van der Waals surface area (Å²) in [5.74, 6) is -1.00. The van der Waals surface area contributed by atoms with E-state index in [0.717, 1.165) is 11.8 Å². The number of carbonyl (C=O) groups excluding carboxylic acids is 1. The summed E-state index contributed by atoms with van der Waals surface area (Å²) in [6, 6.07) is 0. The molecule has 1 aliphatic rings. The van der Waals surface area contributed by atoms with E-state index in [-0.39, 0.29) is 12.2 Å². The van der Waals surface area contributed by atoms with E-state index in [1.54, 1.807) is 20.8 Å². The van der Waals surface area contributed by atoms with Crippen LogP contribution in [0.5, 0.6) is 11.5 Å². The van der Waals surface area contributed by atoms with Crippen molar-refractivity contribution in [1.82, 2.24) is 0 Å². The van der Waals surface area contributed by atoms with E-state index in [9.17, 15) is 14.7 Å². The molecular weight excluding hydrogens is 268 g/mol. The summed E-state index contributed by atoms with van der Waals surface area (Å²) < 4.78 is 5.26. The fraction of sp³-hybridized carbons (Fsp3) is 0.385. The third-order valence-electron chi connectivity index (χ3n) is 3.25. The minimum atomic E-state index is -1.05. The number of phenols is 1. The minimum absolute atomic E-state index is 0.163. The second-order valence-electron chi connectivity index (χ2n) is 4.51. The van der Waals surface area contributed by atoms with Crippen LogP contribution in [-0.2, 0) is 9.59 Å². The van der Waals surface area contributed by atoms with E-state index in [1.165, 1.54) is 0 Å². The molecule has 0 amide bonds. The number of hydrogen-bond acceptors (Lipinski definition) is 5. The predicted octanol–water partition coefficient (Wildman–Crippen LogP) is 2.17. The van der Waals surface area contributed by atoms with Gasteiger partial charge in [0.2, 0.25) is 0 Å². The Kier molecular flexibility index (Phi) is 3.45. The average Bonchev–Trinajstić information content (AvgIpc) is 2.35. The molecule has 2 rings (SSSR count). The molecule has 5 nitrogen and oxygen atoms in total. The van der Waals surface area contributed by atoms with Gasteiger partial charge in [-0.25, -0.2) is 0 Å². The molecule has 2 N–H and O–H groups in total. The van der Waals surface area contributed by atoms with Crippen molar-refractivity contribution in [1.29, 1.82) is 0 Å². The van der Waals surface area contributed by atoms with Crippen molar-refractivity contribution in [3.05, 3.63) is 16.7 Å². The molecule has 0 aromatic heterocycles. The van der Waals surface area contributed by atoms with E-state index < -0.39 is 17.2 Å². The molecule has 1 heterocycles. The maximum absolute atomic E-state index is 11.8. The van der Waals surface area contributed by atoms with E-state index in [0.29, 0.717) is 27.3 Å². The van der Waals surface area contributed by atoms with E-state index >= 15 is 0 Å². The summed E-state index contributed by atoms with van der Waals surface area (Å²) in [6.45, 7) is 5.24. The number of ether oxygens (including phenoxy) is 1. The third-order valence-corrected chi connectivity index (χ3v) is 4.62. The standard InChI is InChI=1S/C13H14O5S/c1-5-6(2)11-12(7(3)10(5)16)19-8(4-9(14)15)13(17)18-11/h8,16H,4H2,1-3H3,(H,14,15)/t8-/m1/s1. The van der Waals surface area contributed by atoms with Crippen LogP contribution < -0.4 is 4.74 Å². The van der Waals surface area contributed by atoms with Crippen molar-refractivity contribution in [2.24, 2.45) is 0 Å². The number of carboxylic acids is 1. The number of thioether (sulfide) groups is 1. The number of benzene rings is 1. The van der Waals surface area contributed by atoms with Gasteiger partial charge in [-0.1, -0.05) is 0 Å². The molecule has 1 atom stereocenters. The van der Waals surface area contributed by atoms with Crippen molar-refractivity contribution >= 4 is 23.7 Å². The van der Waals surface area contributed by atoms with Crippen LogP contribution in [0.15, 0.2) is 4.90 Å². The van der Waals surface area contributed by atoms with Gasteiger partial charge in [0, 0.05) is 5.56 Å². The highest BCUT2D eigenvalue weighted by Gasteiger charge is 2.34. The van der Waals surface area contributed by atoms with Crippen LogP contribution in [0.1, 0.15) is 23.1 Å². The molecule has 1 aromatic rings. The number of phenolic OH excluding ortho intramolecular Hbond substituents is 1. The van der Waals surface area contributed by atoms with Gasteiger partial charge in [0.15, 0.2) is 0 Å². The Balaban J connectivity index is 2.50. The van der Waals surface area contributed by atoms with Crippen molar-refractivity contribution in [3.8, 4) is 11.5 Å². The molecule has 0 spiro atoms.